The summed E-state index contributed by atoms with van der Waals surface area (Å²) in [7, 11) is 0. The van der Waals surface area contributed by atoms with Crippen molar-refractivity contribution >= 4 is 17.4 Å². The van der Waals surface area contributed by atoms with Crippen molar-refractivity contribution in [1.82, 2.24) is 0 Å². The van der Waals surface area contributed by atoms with Gasteiger partial charge in [0.1, 0.15) is 12.4 Å². The minimum Gasteiger partial charge on any atom is -0.507 e. The first kappa shape index (κ1) is 14.9. The summed E-state index contributed by atoms with van der Waals surface area (Å²) in [5, 5.41) is 12.2. The van der Waals surface area contributed by atoms with Gasteiger partial charge in [0.25, 0.3) is 0 Å². The van der Waals surface area contributed by atoms with Gasteiger partial charge in [-0.15, -0.1) is 0 Å². The summed E-state index contributed by atoms with van der Waals surface area (Å²) >= 11 is 0. The summed E-state index contributed by atoms with van der Waals surface area (Å²) in [5.74, 6) is -0.880. The van der Waals surface area contributed by atoms with Gasteiger partial charge in [-0.25, -0.2) is 4.39 Å². The molecule has 0 spiro atoms. The predicted octanol–water partition coefficient (Wildman–Crippen LogP) is 2.84. The normalized spacial score (nSPS) is 10.6. The van der Waals surface area contributed by atoms with Crippen molar-refractivity contribution in [3.05, 3.63) is 35.9 Å². The third-order valence-electron chi connectivity index (χ3n) is 2.38. The molecular formula is C14H16FNO3. The number of amides is 1. The van der Waals surface area contributed by atoms with Crippen LogP contribution in [0.3, 0.4) is 0 Å². The molecule has 19 heavy (non-hydrogen) atoms. The number of carbonyl (C=O) groups is 2. The van der Waals surface area contributed by atoms with Crippen LogP contribution >= 0.6 is 0 Å². The van der Waals surface area contributed by atoms with Crippen LogP contribution in [0.5, 0.6) is 5.75 Å². The number of ketones is 1. The molecule has 0 fully saturated rings. The van der Waals surface area contributed by atoms with Crippen LogP contribution in [0.1, 0.15) is 30.1 Å². The maximum Gasteiger partial charge on any atom is 0.224 e. The number of carbonyl (C=O) groups excluding carboxylic acids is 2. The zero-order chi connectivity index (χ0) is 14.3. The number of phenolic OH excluding ortho intramolecular Hbond substituents is 1. The number of benzene rings is 1. The quantitative estimate of drug-likeness (QED) is 0.472. The number of allylic oxidation sites excluding steroid dienone is 2. The summed E-state index contributed by atoms with van der Waals surface area (Å²) in [4.78, 5) is 23.1. The van der Waals surface area contributed by atoms with Gasteiger partial charge in [0.2, 0.25) is 5.91 Å². The van der Waals surface area contributed by atoms with E-state index in [0.717, 1.165) is 18.6 Å². The number of rotatable bonds is 6. The molecule has 0 saturated heterocycles. The number of anilines is 1. The summed E-state index contributed by atoms with van der Waals surface area (Å²) < 4.78 is 11.9. The van der Waals surface area contributed by atoms with E-state index >= 15 is 0 Å². The lowest BCUT2D eigenvalue weighted by Crippen LogP contribution is -2.11. The Labute approximate surface area is 110 Å². The second-order valence-electron chi connectivity index (χ2n) is 3.95. The molecule has 0 saturated carbocycles. The second-order valence-corrected chi connectivity index (χ2v) is 3.95. The van der Waals surface area contributed by atoms with E-state index in [0.29, 0.717) is 12.1 Å². The number of hydrogen-bond acceptors (Lipinski definition) is 3. The minimum atomic E-state index is -0.751. The average molecular weight is 265 g/mol. The molecule has 1 aromatic carbocycles. The molecule has 0 aromatic heterocycles. The third kappa shape index (κ3) is 4.54. The van der Waals surface area contributed by atoms with E-state index in [1.807, 2.05) is 6.92 Å². The Kier molecular flexibility index (Phi) is 5.73. The van der Waals surface area contributed by atoms with E-state index < -0.39 is 12.5 Å². The maximum atomic E-state index is 11.9. The Hall–Kier alpha value is -2.17. The number of hydrogen-bond donors (Lipinski definition) is 2. The molecule has 0 bridgehead atoms. The van der Waals surface area contributed by atoms with Crippen LogP contribution in [0.25, 0.3) is 0 Å². The molecule has 0 radical (unpaired) electrons. The molecule has 5 heteroatoms. The van der Waals surface area contributed by atoms with Crippen LogP contribution < -0.4 is 5.32 Å². The Morgan fingerprint density at radius 2 is 2.16 bits per heavy atom. The highest BCUT2D eigenvalue weighted by molar-refractivity contribution is 6.07. The molecule has 1 rings (SSSR count). The highest BCUT2D eigenvalue weighted by Crippen LogP contribution is 2.22. The van der Waals surface area contributed by atoms with Gasteiger partial charge in [0, 0.05) is 12.1 Å². The average Bonchev–Trinajstić information content (AvgIpc) is 2.38. The fourth-order valence-electron chi connectivity index (χ4n) is 1.50. The van der Waals surface area contributed by atoms with E-state index in [2.05, 4.69) is 5.32 Å². The van der Waals surface area contributed by atoms with Gasteiger partial charge in [-0.1, -0.05) is 6.92 Å². The van der Waals surface area contributed by atoms with E-state index in [1.165, 1.54) is 18.2 Å². The van der Waals surface area contributed by atoms with Crippen molar-refractivity contribution in [2.45, 2.75) is 19.8 Å². The van der Waals surface area contributed by atoms with Gasteiger partial charge in [-0.05, 0) is 36.8 Å². The predicted molar refractivity (Wildman–Crippen MR) is 71.1 cm³/mol. The van der Waals surface area contributed by atoms with Gasteiger partial charge >= 0.3 is 0 Å². The number of halogens is 1. The van der Waals surface area contributed by atoms with Gasteiger partial charge in [-0.2, -0.15) is 0 Å². The molecule has 2 N–H and O–H groups in total. The lowest BCUT2D eigenvalue weighted by Gasteiger charge is -2.07. The number of alkyl halides is 1. The molecule has 4 nitrogen and oxygen atoms in total. The Morgan fingerprint density at radius 1 is 1.42 bits per heavy atom. The van der Waals surface area contributed by atoms with Crippen molar-refractivity contribution < 1.29 is 19.1 Å². The van der Waals surface area contributed by atoms with Crippen LogP contribution in [0.2, 0.25) is 0 Å². The summed E-state index contributed by atoms with van der Waals surface area (Å²) in [5.41, 5.74) is 0.451. The van der Waals surface area contributed by atoms with Crippen LogP contribution in [0, 0.1) is 0 Å². The van der Waals surface area contributed by atoms with E-state index in [4.69, 9.17) is 0 Å². The number of aromatic hydroxyl groups is 1. The fraction of sp³-hybridized carbons (Fsp3) is 0.286. The van der Waals surface area contributed by atoms with Gasteiger partial charge in [0.15, 0.2) is 5.78 Å². The van der Waals surface area contributed by atoms with Crippen molar-refractivity contribution in [3.63, 3.8) is 0 Å². The van der Waals surface area contributed by atoms with E-state index in [9.17, 15) is 19.1 Å². The van der Waals surface area contributed by atoms with E-state index in [1.54, 1.807) is 0 Å². The minimum absolute atomic E-state index is 0.0269. The zero-order valence-electron chi connectivity index (χ0n) is 10.6. The summed E-state index contributed by atoms with van der Waals surface area (Å²) in [6, 6.07) is 4.18. The lowest BCUT2D eigenvalue weighted by atomic mass is 10.1. The molecule has 0 atom stereocenters. The van der Waals surface area contributed by atoms with Gasteiger partial charge in [-0.3, -0.25) is 9.59 Å². The first-order chi connectivity index (χ1) is 9.08. The summed E-state index contributed by atoms with van der Waals surface area (Å²) in [6.07, 6.45) is 3.21. The first-order valence-electron chi connectivity index (χ1n) is 5.98. The first-order valence-corrected chi connectivity index (χ1v) is 5.98. The highest BCUT2D eigenvalue weighted by atomic mass is 19.1. The van der Waals surface area contributed by atoms with Crippen molar-refractivity contribution in [2.24, 2.45) is 0 Å². The fourth-order valence-corrected chi connectivity index (χ4v) is 1.50. The van der Waals surface area contributed by atoms with Crippen molar-refractivity contribution in [1.29, 1.82) is 0 Å². The van der Waals surface area contributed by atoms with Crippen LogP contribution in [0.4, 0.5) is 10.1 Å². The van der Waals surface area contributed by atoms with Crippen molar-refractivity contribution in [3.8, 4) is 5.75 Å². The topological polar surface area (TPSA) is 66.4 Å². The van der Waals surface area contributed by atoms with Gasteiger partial charge in [0.05, 0.1) is 5.56 Å². The molecule has 0 aliphatic rings. The Bertz CT molecular complexity index is 497. The molecule has 102 valence electrons. The summed E-state index contributed by atoms with van der Waals surface area (Å²) in [6.45, 7) is 1.13. The van der Waals surface area contributed by atoms with Gasteiger partial charge < -0.3 is 10.4 Å². The molecule has 0 unspecified atom stereocenters. The Morgan fingerprint density at radius 3 is 2.79 bits per heavy atom. The van der Waals surface area contributed by atoms with Crippen LogP contribution in [-0.2, 0) is 4.79 Å². The standard InChI is InChI=1S/C14H16FNO3/c1-2-4-14(19)16-10-6-7-13(18)11(9-10)12(17)5-3-8-15/h3,5-7,9,18H,2,4,8H2,1H3,(H,16,19)/b5-3+. The largest absolute Gasteiger partial charge is 0.507 e. The maximum absolute atomic E-state index is 11.9. The number of phenols is 1. The lowest BCUT2D eigenvalue weighted by molar-refractivity contribution is -0.116. The molecular weight excluding hydrogens is 249 g/mol. The molecule has 0 heterocycles. The zero-order valence-corrected chi connectivity index (χ0v) is 10.6. The number of nitrogens with one attached hydrogen (secondary N) is 1. The van der Waals surface area contributed by atoms with Crippen LogP contribution in [-0.4, -0.2) is 23.5 Å². The monoisotopic (exact) mass is 265 g/mol. The molecule has 0 aliphatic heterocycles. The third-order valence-corrected chi connectivity index (χ3v) is 2.38. The molecule has 0 aliphatic carbocycles. The second kappa shape index (κ2) is 7.31. The van der Waals surface area contributed by atoms with Crippen LogP contribution in [0.15, 0.2) is 30.4 Å². The van der Waals surface area contributed by atoms with E-state index in [-0.39, 0.29) is 17.2 Å². The van der Waals surface area contributed by atoms with Crippen molar-refractivity contribution in [2.75, 3.05) is 12.0 Å². The molecule has 1 amide bonds. The smallest absolute Gasteiger partial charge is 0.224 e. The molecule has 1 aromatic rings. The highest BCUT2D eigenvalue weighted by Gasteiger charge is 2.10. The Balaban J connectivity index is 2.91. The SMILES string of the molecule is CCCC(=O)Nc1ccc(O)c(C(=O)/C=C/CF)c1.